The van der Waals surface area contributed by atoms with Gasteiger partial charge in [0, 0.05) is 39.5 Å². The lowest BCUT2D eigenvalue weighted by molar-refractivity contribution is -0.254. The Balaban J connectivity index is 1.67. The van der Waals surface area contributed by atoms with E-state index in [2.05, 4.69) is 11.9 Å². The zero-order valence-corrected chi connectivity index (χ0v) is 28.1. The smallest absolute Gasteiger partial charge is 0.303 e. The van der Waals surface area contributed by atoms with E-state index in [4.69, 9.17) is 28.4 Å². The Labute approximate surface area is 284 Å². The van der Waals surface area contributed by atoms with Gasteiger partial charge in [-0.1, -0.05) is 43.7 Å². The van der Waals surface area contributed by atoms with Crippen LogP contribution in [-0.4, -0.2) is 72.8 Å². The minimum Gasteiger partial charge on any atom is -0.508 e. The molecule has 0 amide bonds. The molecule has 0 bridgehead atoms. The van der Waals surface area contributed by atoms with Crippen molar-refractivity contribution in [2.45, 2.75) is 78.0 Å². The van der Waals surface area contributed by atoms with Crippen LogP contribution in [0, 0.1) is 0 Å². The van der Waals surface area contributed by atoms with Crippen LogP contribution in [0.25, 0.3) is 11.1 Å². The van der Waals surface area contributed by atoms with E-state index in [-0.39, 0.29) is 12.4 Å². The molecule has 1 N–H and O–H groups in total. The average molecular weight is 676 g/mol. The van der Waals surface area contributed by atoms with E-state index >= 15 is 0 Å². The van der Waals surface area contributed by atoms with Crippen molar-refractivity contribution in [3.63, 3.8) is 0 Å². The number of hydrogen-bond donors (Lipinski definition) is 1. The van der Waals surface area contributed by atoms with Gasteiger partial charge in [-0.2, -0.15) is 0 Å². The predicted octanol–water partition coefficient (Wildman–Crippen LogP) is 5.79. The number of nitrogens with zero attached hydrogens (tertiary/aromatic N) is 1. The largest absolute Gasteiger partial charge is 0.508 e. The van der Waals surface area contributed by atoms with Gasteiger partial charge in [-0.15, -0.1) is 0 Å². The summed E-state index contributed by atoms with van der Waals surface area (Å²) >= 11 is 0. The molecule has 12 heteroatoms. The summed E-state index contributed by atoms with van der Waals surface area (Å²) in [5.74, 6) is -1.84. The number of aromatic hydroxyl groups is 1. The molecule has 3 aromatic carbocycles. The molecule has 0 saturated carbocycles. The van der Waals surface area contributed by atoms with Crippen LogP contribution in [0.4, 0.5) is 5.69 Å². The first-order chi connectivity index (χ1) is 23.4. The molecule has 5 atom stereocenters. The van der Waals surface area contributed by atoms with Crippen molar-refractivity contribution in [2.24, 2.45) is 4.99 Å². The molecule has 1 fully saturated rings. The average Bonchev–Trinajstić information content (AvgIpc) is 3.05. The number of benzene rings is 3. The number of rotatable bonds is 13. The minimum absolute atomic E-state index is 0.159. The molecule has 1 saturated heterocycles. The van der Waals surface area contributed by atoms with Crippen LogP contribution in [-0.2, 0) is 42.9 Å². The van der Waals surface area contributed by atoms with Crippen LogP contribution in [0.2, 0.25) is 0 Å². The van der Waals surface area contributed by atoms with Gasteiger partial charge in [0.1, 0.15) is 30.3 Å². The van der Waals surface area contributed by atoms with Crippen LogP contribution >= 0.6 is 0 Å². The Morgan fingerprint density at radius 2 is 1.39 bits per heavy atom. The maximum absolute atomic E-state index is 12.3. The third-order valence-corrected chi connectivity index (χ3v) is 7.53. The fourth-order valence-electron chi connectivity index (χ4n) is 5.32. The summed E-state index contributed by atoms with van der Waals surface area (Å²) in [6.07, 6.45) is -2.17. The van der Waals surface area contributed by atoms with Crippen LogP contribution in [0.15, 0.2) is 71.7 Å². The van der Waals surface area contributed by atoms with E-state index in [0.717, 1.165) is 29.5 Å². The molecule has 49 heavy (non-hydrogen) atoms. The van der Waals surface area contributed by atoms with E-state index in [1.165, 1.54) is 27.7 Å². The number of unbranched alkanes of at least 4 members (excludes halogenated alkanes) is 1. The highest BCUT2D eigenvalue weighted by atomic mass is 16.7. The first-order valence-corrected chi connectivity index (χ1v) is 16.0. The Bertz CT molecular complexity index is 1630. The number of esters is 4. The quantitative estimate of drug-likeness (QED) is 0.101. The lowest BCUT2D eigenvalue weighted by Gasteiger charge is -2.44. The van der Waals surface area contributed by atoms with E-state index in [1.807, 2.05) is 30.3 Å². The van der Waals surface area contributed by atoms with Gasteiger partial charge in [-0.05, 0) is 59.5 Å². The molecule has 260 valence electrons. The topological polar surface area (TPSA) is 156 Å². The van der Waals surface area contributed by atoms with Crippen LogP contribution in [0.3, 0.4) is 0 Å². The van der Waals surface area contributed by atoms with Crippen molar-refractivity contribution in [3.05, 3.63) is 77.9 Å². The lowest BCUT2D eigenvalue weighted by atomic mass is 9.89. The van der Waals surface area contributed by atoms with Crippen molar-refractivity contribution in [1.82, 2.24) is 0 Å². The molecule has 1 aliphatic heterocycles. The Morgan fingerprint density at radius 3 is 2.00 bits per heavy atom. The first kappa shape index (κ1) is 36.6. The molecular weight excluding hydrogens is 634 g/mol. The fraction of sp³-hybridized carbons (Fsp3) is 0.378. The van der Waals surface area contributed by atoms with Gasteiger partial charge in [0.05, 0.1) is 12.3 Å². The lowest BCUT2D eigenvalue weighted by Crippen LogP contribution is -2.59. The molecule has 3 unspecified atom stereocenters. The van der Waals surface area contributed by atoms with E-state index in [9.17, 15) is 24.3 Å². The highest BCUT2D eigenvalue weighted by Gasteiger charge is 2.52. The van der Waals surface area contributed by atoms with Gasteiger partial charge >= 0.3 is 23.9 Å². The number of aliphatic imine (C=N–C) groups is 1. The molecule has 0 spiro atoms. The zero-order valence-electron chi connectivity index (χ0n) is 28.1. The van der Waals surface area contributed by atoms with Crippen molar-refractivity contribution in [2.75, 3.05) is 13.2 Å². The number of phenolic OH excluding ortho intramolecular Hbond substituents is 1. The van der Waals surface area contributed by atoms with Gasteiger partial charge in [-0.3, -0.25) is 24.2 Å². The molecule has 12 nitrogen and oxygen atoms in total. The number of phenols is 1. The third kappa shape index (κ3) is 10.4. The predicted molar refractivity (Wildman–Crippen MR) is 179 cm³/mol. The summed E-state index contributed by atoms with van der Waals surface area (Å²) in [6, 6.07) is 19.6. The zero-order chi connectivity index (χ0) is 35.5. The second-order valence-electron chi connectivity index (χ2n) is 11.5. The van der Waals surface area contributed by atoms with E-state index in [1.54, 1.807) is 42.6 Å². The van der Waals surface area contributed by atoms with Crippen LogP contribution in [0.5, 0.6) is 11.5 Å². The standard InChI is InChI=1S/C37H41NO11/c1-6-7-18-44-32-19-28(12-13-29(32)20-38-30-14-16-31(43)17-15-30)26-8-10-27(11-9-26)34-36(47-24(4)41)37(48-25(5)42)35(46-23(3)40)33(49-34)21-45-22(2)39/h8-17,19-20,33-37,43H,6-7,18,21H2,1-5H3/b38-20+/t33?,34-,35+,36?,37?/m0/s1. The molecule has 0 aliphatic carbocycles. The third-order valence-electron chi connectivity index (χ3n) is 7.53. The molecule has 1 heterocycles. The number of hydrogen-bond acceptors (Lipinski definition) is 12. The van der Waals surface area contributed by atoms with Crippen molar-refractivity contribution >= 4 is 35.8 Å². The van der Waals surface area contributed by atoms with Crippen molar-refractivity contribution in [1.29, 1.82) is 0 Å². The summed E-state index contributed by atoms with van der Waals surface area (Å²) in [5, 5.41) is 9.57. The maximum Gasteiger partial charge on any atom is 0.303 e. The molecule has 3 aromatic rings. The summed E-state index contributed by atoms with van der Waals surface area (Å²) in [4.78, 5) is 52.7. The monoisotopic (exact) mass is 675 g/mol. The van der Waals surface area contributed by atoms with Gasteiger partial charge in [0.15, 0.2) is 18.3 Å². The SMILES string of the molecule is CCCCOc1cc(-c2ccc([C@@H]3OC(COC(C)=O)[C@@H](OC(C)=O)C(OC(C)=O)C3OC(C)=O)cc2)ccc1/C=N/c1ccc(O)cc1. The van der Waals surface area contributed by atoms with Gasteiger partial charge in [0.25, 0.3) is 0 Å². The highest BCUT2D eigenvalue weighted by Crippen LogP contribution is 2.38. The molecule has 4 rings (SSSR count). The Morgan fingerprint density at radius 1 is 0.776 bits per heavy atom. The number of carbonyl (C=O) groups is 4. The van der Waals surface area contributed by atoms with E-state index in [0.29, 0.717) is 23.6 Å². The van der Waals surface area contributed by atoms with Crippen LogP contribution in [0.1, 0.15) is 64.7 Å². The normalized spacial score (nSPS) is 20.3. The Hall–Kier alpha value is -5.23. The number of ether oxygens (including phenoxy) is 6. The van der Waals surface area contributed by atoms with E-state index < -0.39 is 54.4 Å². The highest BCUT2D eigenvalue weighted by molar-refractivity contribution is 5.87. The van der Waals surface area contributed by atoms with Crippen molar-refractivity contribution < 1.29 is 52.7 Å². The maximum atomic E-state index is 12.3. The fourth-order valence-corrected chi connectivity index (χ4v) is 5.32. The van der Waals surface area contributed by atoms with Crippen LogP contribution < -0.4 is 4.74 Å². The first-order valence-electron chi connectivity index (χ1n) is 16.0. The minimum atomic E-state index is -1.26. The van der Waals surface area contributed by atoms with Crippen molar-refractivity contribution in [3.8, 4) is 22.6 Å². The second-order valence-corrected chi connectivity index (χ2v) is 11.5. The summed E-state index contributed by atoms with van der Waals surface area (Å²) in [6.45, 7) is 7.09. The summed E-state index contributed by atoms with van der Waals surface area (Å²) in [7, 11) is 0. The molecule has 0 radical (unpaired) electrons. The summed E-state index contributed by atoms with van der Waals surface area (Å²) < 4.78 is 34.3. The molecule has 1 aliphatic rings. The Kier molecular flexibility index (Phi) is 12.9. The summed E-state index contributed by atoms with van der Waals surface area (Å²) in [5.41, 5.74) is 3.73. The molecular formula is C37H41NO11. The van der Waals surface area contributed by atoms with Gasteiger partial charge in [-0.25, -0.2) is 0 Å². The van der Waals surface area contributed by atoms with Gasteiger partial charge in [0.2, 0.25) is 0 Å². The second kappa shape index (κ2) is 17.3. The molecule has 0 aromatic heterocycles. The number of carbonyl (C=O) groups excluding carboxylic acids is 4. The van der Waals surface area contributed by atoms with Gasteiger partial charge < -0.3 is 33.5 Å².